The molecule has 5 nitrogen and oxygen atoms in total. The monoisotopic (exact) mass is 253 g/mol. The molecule has 0 aliphatic heterocycles. The summed E-state index contributed by atoms with van der Waals surface area (Å²) in [4.78, 5) is 11.6. The quantitative estimate of drug-likeness (QED) is 0.742. The van der Waals surface area contributed by atoms with E-state index in [0.29, 0.717) is 5.75 Å². The summed E-state index contributed by atoms with van der Waals surface area (Å²) in [6, 6.07) is 7.07. The lowest BCUT2D eigenvalue weighted by molar-refractivity contribution is -0.124. The van der Waals surface area contributed by atoms with Gasteiger partial charge in [-0.05, 0) is 18.6 Å². The van der Waals surface area contributed by atoms with Crippen molar-refractivity contribution < 1.29 is 19.4 Å². The van der Waals surface area contributed by atoms with Gasteiger partial charge in [0.1, 0.15) is 5.75 Å². The molecule has 0 spiro atoms. The third-order valence-corrected chi connectivity index (χ3v) is 2.41. The maximum atomic E-state index is 11.6. The molecule has 1 atom stereocenters. The van der Waals surface area contributed by atoms with Crippen molar-refractivity contribution in [2.75, 3.05) is 26.9 Å². The SMILES string of the molecule is COCC(CO)NC(=O)COc1ccccc1C. The zero-order valence-electron chi connectivity index (χ0n) is 10.7. The molecule has 1 unspecified atom stereocenters. The van der Waals surface area contributed by atoms with Crippen molar-refractivity contribution in [2.45, 2.75) is 13.0 Å². The van der Waals surface area contributed by atoms with Crippen LogP contribution in [0.3, 0.4) is 0 Å². The van der Waals surface area contributed by atoms with Crippen molar-refractivity contribution in [1.82, 2.24) is 5.32 Å². The Bertz CT molecular complexity index is 381. The first kappa shape index (κ1) is 14.5. The molecule has 0 aromatic heterocycles. The molecule has 1 aromatic carbocycles. The number of benzene rings is 1. The van der Waals surface area contributed by atoms with Crippen LogP contribution in [0.15, 0.2) is 24.3 Å². The van der Waals surface area contributed by atoms with E-state index in [-0.39, 0.29) is 25.7 Å². The molecular formula is C13H19NO4. The smallest absolute Gasteiger partial charge is 0.258 e. The third kappa shape index (κ3) is 4.73. The minimum atomic E-state index is -0.400. The van der Waals surface area contributed by atoms with Gasteiger partial charge in [0, 0.05) is 7.11 Å². The summed E-state index contributed by atoms with van der Waals surface area (Å²) < 4.78 is 10.2. The minimum absolute atomic E-state index is 0.0783. The van der Waals surface area contributed by atoms with E-state index in [9.17, 15) is 4.79 Å². The first-order valence-electron chi connectivity index (χ1n) is 5.75. The molecule has 18 heavy (non-hydrogen) atoms. The second-order valence-electron chi connectivity index (χ2n) is 3.96. The zero-order chi connectivity index (χ0) is 13.4. The largest absolute Gasteiger partial charge is 0.484 e. The van der Waals surface area contributed by atoms with E-state index in [1.165, 1.54) is 7.11 Å². The van der Waals surface area contributed by atoms with Gasteiger partial charge in [-0.15, -0.1) is 0 Å². The number of carbonyl (C=O) groups excluding carboxylic acids is 1. The van der Waals surface area contributed by atoms with Gasteiger partial charge in [-0.3, -0.25) is 4.79 Å². The topological polar surface area (TPSA) is 67.8 Å². The molecule has 0 bridgehead atoms. The number of methoxy groups -OCH3 is 1. The lowest BCUT2D eigenvalue weighted by atomic mass is 10.2. The first-order valence-corrected chi connectivity index (χ1v) is 5.75. The fraction of sp³-hybridized carbons (Fsp3) is 0.462. The standard InChI is InChI=1S/C13H19NO4/c1-10-5-3-4-6-12(10)18-9-13(16)14-11(7-15)8-17-2/h3-6,11,15H,7-9H2,1-2H3,(H,14,16). The van der Waals surface area contributed by atoms with E-state index in [0.717, 1.165) is 5.56 Å². The molecule has 0 radical (unpaired) electrons. The molecule has 100 valence electrons. The van der Waals surface area contributed by atoms with Crippen molar-refractivity contribution in [3.05, 3.63) is 29.8 Å². The molecule has 1 rings (SSSR count). The zero-order valence-corrected chi connectivity index (χ0v) is 10.7. The number of carbonyl (C=O) groups is 1. The molecule has 0 fully saturated rings. The van der Waals surface area contributed by atoms with E-state index in [2.05, 4.69) is 5.32 Å². The number of para-hydroxylation sites is 1. The maximum absolute atomic E-state index is 11.6. The van der Waals surface area contributed by atoms with Crippen LogP contribution in [0.2, 0.25) is 0 Å². The number of amides is 1. The van der Waals surface area contributed by atoms with Gasteiger partial charge >= 0.3 is 0 Å². The second kappa shape index (κ2) is 7.68. The Hall–Kier alpha value is -1.59. The summed E-state index contributed by atoms with van der Waals surface area (Å²) in [7, 11) is 1.51. The number of hydrogen-bond acceptors (Lipinski definition) is 4. The Balaban J connectivity index is 2.39. The first-order chi connectivity index (χ1) is 8.67. The number of aliphatic hydroxyl groups is 1. The predicted octanol–water partition coefficient (Wildman–Crippen LogP) is 0.497. The number of nitrogens with one attached hydrogen (secondary N) is 1. The van der Waals surface area contributed by atoms with Crippen LogP contribution in [-0.4, -0.2) is 44.0 Å². The third-order valence-electron chi connectivity index (χ3n) is 2.41. The van der Waals surface area contributed by atoms with E-state index in [1.807, 2.05) is 25.1 Å². The molecular weight excluding hydrogens is 234 g/mol. The van der Waals surface area contributed by atoms with Crippen molar-refractivity contribution in [3.63, 3.8) is 0 Å². The van der Waals surface area contributed by atoms with Crippen molar-refractivity contribution in [3.8, 4) is 5.75 Å². The Morgan fingerprint density at radius 3 is 2.78 bits per heavy atom. The maximum Gasteiger partial charge on any atom is 0.258 e. The van der Waals surface area contributed by atoms with Gasteiger partial charge in [-0.1, -0.05) is 18.2 Å². The molecule has 0 saturated heterocycles. The predicted molar refractivity (Wildman–Crippen MR) is 67.6 cm³/mol. The number of ether oxygens (including phenoxy) is 2. The molecule has 1 aromatic rings. The van der Waals surface area contributed by atoms with Gasteiger partial charge in [0.05, 0.1) is 19.3 Å². The van der Waals surface area contributed by atoms with Gasteiger partial charge in [0.25, 0.3) is 5.91 Å². The lowest BCUT2D eigenvalue weighted by Gasteiger charge is -2.15. The van der Waals surface area contributed by atoms with Crippen molar-refractivity contribution in [1.29, 1.82) is 0 Å². The average Bonchev–Trinajstić information content (AvgIpc) is 2.37. The second-order valence-corrected chi connectivity index (χ2v) is 3.96. The highest BCUT2D eigenvalue weighted by atomic mass is 16.5. The highest BCUT2D eigenvalue weighted by Gasteiger charge is 2.11. The number of aryl methyl sites for hydroxylation is 1. The van der Waals surface area contributed by atoms with E-state index >= 15 is 0 Å². The molecule has 0 heterocycles. The van der Waals surface area contributed by atoms with Crippen LogP contribution >= 0.6 is 0 Å². The van der Waals surface area contributed by atoms with E-state index in [4.69, 9.17) is 14.6 Å². The van der Waals surface area contributed by atoms with E-state index < -0.39 is 6.04 Å². The number of rotatable bonds is 7. The fourth-order valence-corrected chi connectivity index (χ4v) is 1.47. The molecule has 0 aliphatic rings. The van der Waals surface area contributed by atoms with Crippen molar-refractivity contribution >= 4 is 5.91 Å². The number of hydrogen-bond donors (Lipinski definition) is 2. The van der Waals surface area contributed by atoms with E-state index in [1.54, 1.807) is 6.07 Å². The highest BCUT2D eigenvalue weighted by molar-refractivity contribution is 5.77. The van der Waals surface area contributed by atoms with Crippen LogP contribution in [0.25, 0.3) is 0 Å². The van der Waals surface area contributed by atoms with Crippen LogP contribution in [0, 0.1) is 6.92 Å². The van der Waals surface area contributed by atoms with Crippen LogP contribution in [0.1, 0.15) is 5.56 Å². The molecule has 5 heteroatoms. The van der Waals surface area contributed by atoms with Crippen molar-refractivity contribution in [2.24, 2.45) is 0 Å². The molecule has 0 aliphatic carbocycles. The Kier molecular flexibility index (Phi) is 6.18. The normalized spacial score (nSPS) is 11.9. The summed E-state index contributed by atoms with van der Waals surface area (Å²) >= 11 is 0. The summed E-state index contributed by atoms with van der Waals surface area (Å²) in [6.07, 6.45) is 0. The molecule has 2 N–H and O–H groups in total. The van der Waals surface area contributed by atoms with Crippen LogP contribution in [0.5, 0.6) is 5.75 Å². The average molecular weight is 253 g/mol. The molecule has 0 saturated carbocycles. The minimum Gasteiger partial charge on any atom is -0.484 e. The molecule has 1 amide bonds. The van der Waals surface area contributed by atoms with Gasteiger partial charge < -0.3 is 19.9 Å². The lowest BCUT2D eigenvalue weighted by Crippen LogP contribution is -2.42. The van der Waals surface area contributed by atoms with Crippen LogP contribution in [0.4, 0.5) is 0 Å². The summed E-state index contributed by atoms with van der Waals surface area (Å²) in [5.74, 6) is 0.397. The number of aliphatic hydroxyl groups excluding tert-OH is 1. The summed E-state index contributed by atoms with van der Waals surface area (Å²) in [5, 5.41) is 11.6. The summed E-state index contributed by atoms with van der Waals surface area (Å²) in [6.45, 7) is 1.94. The Morgan fingerprint density at radius 1 is 1.44 bits per heavy atom. The fourth-order valence-electron chi connectivity index (χ4n) is 1.47. The van der Waals surface area contributed by atoms with Crippen LogP contribution < -0.4 is 10.1 Å². The Morgan fingerprint density at radius 2 is 2.17 bits per heavy atom. The van der Waals surface area contributed by atoms with Gasteiger partial charge in [-0.2, -0.15) is 0 Å². The van der Waals surface area contributed by atoms with Gasteiger partial charge in [0.2, 0.25) is 0 Å². The highest BCUT2D eigenvalue weighted by Crippen LogP contribution is 2.15. The van der Waals surface area contributed by atoms with Gasteiger partial charge in [0.15, 0.2) is 6.61 Å². The Labute approximate surface area is 107 Å². The van der Waals surface area contributed by atoms with Gasteiger partial charge in [-0.25, -0.2) is 0 Å². The summed E-state index contributed by atoms with van der Waals surface area (Å²) in [5.41, 5.74) is 0.973. The van der Waals surface area contributed by atoms with Crippen LogP contribution in [-0.2, 0) is 9.53 Å².